The summed E-state index contributed by atoms with van der Waals surface area (Å²) in [6.45, 7) is 9.08. The normalized spacial score (nSPS) is 14.8. The van der Waals surface area contributed by atoms with Gasteiger partial charge in [-0.05, 0) is 45.7 Å². The van der Waals surface area contributed by atoms with Crippen LogP contribution in [0.5, 0.6) is 0 Å². The minimum atomic E-state index is -0.758. The highest BCUT2D eigenvalue weighted by Crippen LogP contribution is 2.27. The van der Waals surface area contributed by atoms with Crippen LogP contribution in [-0.2, 0) is 15.9 Å². The standard InChI is InChI=1S/C30H35F2N7O3/c1-19(35-29(40)42-30(2,3)4)25(14-20-8-6-5-7-9-20)37-27-23(31)15-21(17-33)26(38-27)36-22-16-24(32)28(34-18-22)39-10-12-41-13-11-39/h5-9,15-16,18-19,25H,10-14H2,1-4H3,(H,35,40)(H2,36,37,38)/t19-,25+/m0/s1. The van der Waals surface area contributed by atoms with E-state index in [2.05, 4.69) is 25.9 Å². The van der Waals surface area contributed by atoms with Crippen molar-refractivity contribution in [1.29, 1.82) is 5.26 Å². The van der Waals surface area contributed by atoms with Gasteiger partial charge in [0.05, 0.1) is 36.7 Å². The van der Waals surface area contributed by atoms with Crippen LogP contribution in [0.15, 0.2) is 48.7 Å². The molecule has 0 aliphatic carbocycles. The smallest absolute Gasteiger partial charge is 0.407 e. The molecule has 0 radical (unpaired) electrons. The number of alkyl carbamates (subject to hydrolysis) is 1. The lowest BCUT2D eigenvalue weighted by molar-refractivity contribution is 0.0503. The first-order chi connectivity index (χ1) is 20.0. The van der Waals surface area contributed by atoms with E-state index in [1.165, 1.54) is 12.3 Å². The Hall–Kier alpha value is -4.50. The maximum atomic E-state index is 15.2. The van der Waals surface area contributed by atoms with Crippen LogP contribution >= 0.6 is 0 Å². The number of nitrogens with zero attached hydrogens (tertiary/aromatic N) is 4. The van der Waals surface area contributed by atoms with Crippen molar-refractivity contribution in [3.8, 4) is 6.07 Å². The molecule has 0 spiro atoms. The number of pyridine rings is 2. The van der Waals surface area contributed by atoms with Crippen molar-refractivity contribution in [3.63, 3.8) is 0 Å². The molecular weight excluding hydrogens is 544 g/mol. The molecule has 1 fully saturated rings. The Morgan fingerprint density at radius 2 is 1.86 bits per heavy atom. The molecule has 2 aromatic heterocycles. The Morgan fingerprint density at radius 3 is 2.50 bits per heavy atom. The van der Waals surface area contributed by atoms with E-state index in [-0.39, 0.29) is 28.7 Å². The van der Waals surface area contributed by atoms with Crippen LogP contribution in [-0.4, -0.2) is 60.0 Å². The summed E-state index contributed by atoms with van der Waals surface area (Å²) in [7, 11) is 0. The Bertz CT molecular complexity index is 1420. The molecule has 1 aliphatic rings. The number of hydrogen-bond donors (Lipinski definition) is 3. The summed E-state index contributed by atoms with van der Waals surface area (Å²) in [6, 6.07) is 12.7. The van der Waals surface area contributed by atoms with Gasteiger partial charge in [-0.25, -0.2) is 23.5 Å². The molecule has 42 heavy (non-hydrogen) atoms. The number of carbonyl (C=O) groups excluding carboxylic acids is 1. The second kappa shape index (κ2) is 13.4. The van der Waals surface area contributed by atoms with Crippen molar-refractivity contribution in [2.24, 2.45) is 0 Å². The predicted molar refractivity (Wildman–Crippen MR) is 156 cm³/mol. The summed E-state index contributed by atoms with van der Waals surface area (Å²) in [4.78, 5) is 22.9. The predicted octanol–water partition coefficient (Wildman–Crippen LogP) is 5.14. The summed E-state index contributed by atoms with van der Waals surface area (Å²) in [5.74, 6) is -1.23. The van der Waals surface area contributed by atoms with Crippen LogP contribution in [0.3, 0.4) is 0 Å². The van der Waals surface area contributed by atoms with E-state index in [9.17, 15) is 14.4 Å². The van der Waals surface area contributed by atoms with Crippen molar-refractivity contribution < 1.29 is 23.0 Å². The number of hydrogen-bond acceptors (Lipinski definition) is 9. The van der Waals surface area contributed by atoms with Gasteiger partial charge in [-0.1, -0.05) is 30.3 Å². The number of benzene rings is 1. The molecule has 1 aromatic carbocycles. The average molecular weight is 580 g/mol. The third-order valence-corrected chi connectivity index (χ3v) is 6.46. The molecule has 1 saturated heterocycles. The first-order valence-electron chi connectivity index (χ1n) is 13.7. The molecule has 0 saturated carbocycles. The van der Waals surface area contributed by atoms with Gasteiger partial charge in [0, 0.05) is 25.2 Å². The minimum Gasteiger partial charge on any atom is -0.444 e. The van der Waals surface area contributed by atoms with Gasteiger partial charge in [-0.3, -0.25) is 0 Å². The highest BCUT2D eigenvalue weighted by atomic mass is 19.1. The number of carbonyl (C=O) groups is 1. The lowest BCUT2D eigenvalue weighted by atomic mass is 10.0. The Balaban J connectivity index is 1.58. The molecule has 12 heteroatoms. The van der Waals surface area contributed by atoms with E-state index in [0.29, 0.717) is 32.7 Å². The molecule has 3 heterocycles. The maximum Gasteiger partial charge on any atom is 0.407 e. The van der Waals surface area contributed by atoms with Gasteiger partial charge in [0.25, 0.3) is 0 Å². The summed E-state index contributed by atoms with van der Waals surface area (Å²) in [6.07, 6.45) is 1.23. The fourth-order valence-corrected chi connectivity index (χ4v) is 4.40. The molecular formula is C30H35F2N7O3. The average Bonchev–Trinajstić information content (AvgIpc) is 2.94. The molecule has 10 nitrogen and oxygen atoms in total. The second-order valence-corrected chi connectivity index (χ2v) is 11.0. The van der Waals surface area contributed by atoms with Crippen molar-refractivity contribution in [3.05, 3.63) is 71.4 Å². The Labute approximate surface area is 244 Å². The van der Waals surface area contributed by atoms with Crippen molar-refractivity contribution in [2.45, 2.75) is 51.8 Å². The largest absolute Gasteiger partial charge is 0.444 e. The molecule has 3 aromatic rings. The number of nitrogens with one attached hydrogen (secondary N) is 3. The minimum absolute atomic E-state index is 0.0212. The zero-order valence-electron chi connectivity index (χ0n) is 24.1. The van der Waals surface area contributed by atoms with Crippen LogP contribution in [0.1, 0.15) is 38.8 Å². The summed E-state index contributed by atoms with van der Waals surface area (Å²) < 4.78 is 40.9. The maximum absolute atomic E-state index is 15.2. The number of rotatable bonds is 9. The molecule has 222 valence electrons. The van der Waals surface area contributed by atoms with Gasteiger partial charge >= 0.3 is 6.09 Å². The summed E-state index contributed by atoms with van der Waals surface area (Å²) in [5, 5.41) is 18.4. The van der Waals surface area contributed by atoms with E-state index in [1.54, 1.807) is 32.6 Å². The SMILES string of the molecule is C[C@H](NC(=O)OC(C)(C)C)[C@@H](Cc1ccccc1)Nc1nc(Nc2cnc(N3CCOCC3)c(F)c2)c(C#N)cc1F. The van der Waals surface area contributed by atoms with Gasteiger partial charge in [-0.15, -0.1) is 0 Å². The lowest BCUT2D eigenvalue weighted by Gasteiger charge is -2.28. The third kappa shape index (κ3) is 8.27. The van der Waals surface area contributed by atoms with Gasteiger partial charge in [0.2, 0.25) is 0 Å². The Kier molecular flexibility index (Phi) is 9.75. The topological polar surface area (TPSA) is 124 Å². The van der Waals surface area contributed by atoms with Crippen LogP contribution in [0.2, 0.25) is 0 Å². The number of halogens is 2. The van der Waals surface area contributed by atoms with Crippen LogP contribution < -0.4 is 20.9 Å². The van der Waals surface area contributed by atoms with Crippen LogP contribution in [0.25, 0.3) is 0 Å². The molecule has 3 N–H and O–H groups in total. The van der Waals surface area contributed by atoms with E-state index < -0.39 is 35.4 Å². The number of ether oxygens (including phenoxy) is 2. The Morgan fingerprint density at radius 1 is 1.14 bits per heavy atom. The fraction of sp³-hybridized carbons (Fsp3) is 0.400. The number of morpholine rings is 1. The van der Waals surface area contributed by atoms with Gasteiger partial charge in [-0.2, -0.15) is 5.26 Å². The number of aromatic nitrogens is 2. The van der Waals surface area contributed by atoms with Crippen molar-refractivity contribution >= 4 is 29.2 Å². The van der Waals surface area contributed by atoms with E-state index in [1.807, 2.05) is 36.4 Å². The van der Waals surface area contributed by atoms with Gasteiger partial charge < -0.3 is 30.3 Å². The fourth-order valence-electron chi connectivity index (χ4n) is 4.40. The summed E-state index contributed by atoms with van der Waals surface area (Å²) in [5.41, 5.74) is 0.423. The highest BCUT2D eigenvalue weighted by Gasteiger charge is 2.25. The van der Waals surface area contributed by atoms with Crippen LogP contribution in [0.4, 0.5) is 36.7 Å². The van der Waals surface area contributed by atoms with Gasteiger partial charge in [0.1, 0.15) is 11.7 Å². The highest BCUT2D eigenvalue weighted by molar-refractivity contribution is 5.68. The molecule has 1 amide bonds. The number of nitriles is 1. The first kappa shape index (κ1) is 30.5. The monoisotopic (exact) mass is 579 g/mol. The van der Waals surface area contributed by atoms with Crippen molar-refractivity contribution in [2.75, 3.05) is 41.8 Å². The zero-order valence-corrected chi connectivity index (χ0v) is 24.1. The van der Waals surface area contributed by atoms with Crippen molar-refractivity contribution in [1.82, 2.24) is 15.3 Å². The number of anilines is 4. The third-order valence-electron chi connectivity index (χ3n) is 6.46. The first-order valence-corrected chi connectivity index (χ1v) is 13.7. The summed E-state index contributed by atoms with van der Waals surface area (Å²) >= 11 is 0. The molecule has 0 bridgehead atoms. The lowest BCUT2D eigenvalue weighted by Crippen LogP contribution is -2.47. The van der Waals surface area contributed by atoms with Gasteiger partial charge in [0.15, 0.2) is 29.1 Å². The molecule has 4 rings (SSSR count). The molecule has 2 atom stereocenters. The molecule has 0 unspecified atom stereocenters. The zero-order chi connectivity index (χ0) is 30.3. The number of amides is 1. The quantitative estimate of drug-likeness (QED) is 0.316. The van der Waals surface area contributed by atoms with E-state index in [0.717, 1.165) is 11.6 Å². The van der Waals surface area contributed by atoms with E-state index >= 15 is 4.39 Å². The molecule has 1 aliphatic heterocycles. The van der Waals surface area contributed by atoms with E-state index in [4.69, 9.17) is 9.47 Å². The second-order valence-electron chi connectivity index (χ2n) is 11.0. The van der Waals surface area contributed by atoms with Crippen LogP contribution in [0, 0.1) is 23.0 Å².